The third-order valence-corrected chi connectivity index (χ3v) is 6.07. The van der Waals surface area contributed by atoms with Crippen molar-refractivity contribution in [2.45, 2.75) is 64.1 Å². The first-order chi connectivity index (χ1) is 14.6. The van der Waals surface area contributed by atoms with Crippen LogP contribution in [0.15, 0.2) is 42.6 Å². The highest BCUT2D eigenvalue weighted by Crippen LogP contribution is 2.22. The van der Waals surface area contributed by atoms with E-state index in [9.17, 15) is 5.11 Å². The zero-order chi connectivity index (χ0) is 21.2. The van der Waals surface area contributed by atoms with Gasteiger partial charge in [0.25, 0.3) is 0 Å². The first kappa shape index (κ1) is 22.7. The molecule has 1 unspecified atom stereocenters. The van der Waals surface area contributed by atoms with Crippen molar-refractivity contribution in [2.24, 2.45) is 0 Å². The molecule has 1 aliphatic carbocycles. The number of aliphatic hydroxyl groups is 1. The topological polar surface area (TPSA) is 57.6 Å². The van der Waals surface area contributed by atoms with Crippen LogP contribution in [0.25, 0.3) is 0 Å². The lowest BCUT2D eigenvalue weighted by Crippen LogP contribution is -2.40. The van der Waals surface area contributed by atoms with Gasteiger partial charge >= 0.3 is 0 Å². The Kier molecular flexibility index (Phi) is 9.12. The molecule has 1 fully saturated rings. The van der Waals surface area contributed by atoms with Crippen molar-refractivity contribution in [3.63, 3.8) is 0 Å². The second-order valence-electron chi connectivity index (χ2n) is 8.50. The Morgan fingerprint density at radius 2 is 1.97 bits per heavy atom. The molecule has 1 heterocycles. The summed E-state index contributed by atoms with van der Waals surface area (Å²) in [5.41, 5.74) is 3.48. The molecule has 164 valence electrons. The smallest absolute Gasteiger partial charge is 0.123 e. The summed E-state index contributed by atoms with van der Waals surface area (Å²) in [4.78, 5) is 6.76. The first-order valence-corrected chi connectivity index (χ1v) is 11.3. The molecule has 0 aliphatic heterocycles. The van der Waals surface area contributed by atoms with Crippen LogP contribution in [0.5, 0.6) is 5.75 Å². The Hall–Kier alpha value is -1.95. The van der Waals surface area contributed by atoms with Crippen LogP contribution in [0, 0.1) is 6.92 Å². The summed E-state index contributed by atoms with van der Waals surface area (Å²) in [6.45, 7) is 4.68. The Morgan fingerprint density at radius 1 is 1.17 bits per heavy atom. The van der Waals surface area contributed by atoms with Gasteiger partial charge in [-0.15, -0.1) is 0 Å². The zero-order valence-electron chi connectivity index (χ0n) is 18.5. The molecule has 3 rings (SSSR count). The van der Waals surface area contributed by atoms with E-state index in [-0.39, 0.29) is 0 Å². The number of benzene rings is 1. The molecule has 5 nitrogen and oxygen atoms in total. The number of aliphatic hydroxyl groups excluding tert-OH is 1. The fourth-order valence-corrected chi connectivity index (χ4v) is 4.24. The monoisotopic (exact) mass is 411 g/mol. The number of nitrogens with zero attached hydrogens (tertiary/aromatic N) is 2. The standard InChI is InChI=1S/C25H37N3O2/c1-20-9-8-15-27-24(20)14-16-26-17-21-10-6-7-13-25(21)30-19-23(29)18-28(2)22-11-4-3-5-12-22/h6-10,13,15,22-23,26,29H,3-5,11-12,14,16-19H2,1-2H3. The van der Waals surface area contributed by atoms with Crippen molar-refractivity contribution in [3.05, 3.63) is 59.4 Å². The van der Waals surface area contributed by atoms with E-state index in [1.807, 2.05) is 30.5 Å². The highest BCUT2D eigenvalue weighted by atomic mass is 16.5. The van der Waals surface area contributed by atoms with Crippen molar-refractivity contribution in [1.82, 2.24) is 15.2 Å². The van der Waals surface area contributed by atoms with Gasteiger partial charge in [-0.25, -0.2) is 0 Å². The molecule has 30 heavy (non-hydrogen) atoms. The number of pyridine rings is 1. The van der Waals surface area contributed by atoms with Crippen LogP contribution in [0.1, 0.15) is 48.9 Å². The van der Waals surface area contributed by atoms with Gasteiger partial charge in [0, 0.05) is 49.6 Å². The van der Waals surface area contributed by atoms with Gasteiger partial charge in [0.15, 0.2) is 0 Å². The van der Waals surface area contributed by atoms with Crippen LogP contribution in [0.4, 0.5) is 0 Å². The summed E-state index contributed by atoms with van der Waals surface area (Å²) in [6.07, 6.45) is 8.73. The third-order valence-electron chi connectivity index (χ3n) is 6.07. The summed E-state index contributed by atoms with van der Waals surface area (Å²) in [6, 6.07) is 12.7. The Morgan fingerprint density at radius 3 is 2.77 bits per heavy atom. The maximum absolute atomic E-state index is 10.5. The number of likely N-dealkylation sites (N-methyl/N-ethyl adjacent to an activating group) is 1. The van der Waals surface area contributed by atoms with Crippen LogP contribution in [0.3, 0.4) is 0 Å². The van der Waals surface area contributed by atoms with Gasteiger partial charge < -0.3 is 20.1 Å². The van der Waals surface area contributed by atoms with Gasteiger partial charge in [-0.2, -0.15) is 0 Å². The van der Waals surface area contributed by atoms with Gasteiger partial charge in [-0.1, -0.05) is 43.5 Å². The van der Waals surface area contributed by atoms with Gasteiger partial charge in [-0.05, 0) is 44.5 Å². The van der Waals surface area contributed by atoms with E-state index in [0.717, 1.165) is 36.5 Å². The van der Waals surface area contributed by atoms with Gasteiger partial charge in [-0.3, -0.25) is 4.98 Å². The zero-order valence-corrected chi connectivity index (χ0v) is 18.5. The summed E-state index contributed by atoms with van der Waals surface area (Å²) < 4.78 is 5.99. The highest BCUT2D eigenvalue weighted by Gasteiger charge is 2.20. The van der Waals surface area contributed by atoms with Crippen molar-refractivity contribution in [3.8, 4) is 5.75 Å². The molecule has 1 atom stereocenters. The van der Waals surface area contributed by atoms with Crippen molar-refractivity contribution in [1.29, 1.82) is 0 Å². The minimum Gasteiger partial charge on any atom is -0.491 e. The summed E-state index contributed by atoms with van der Waals surface area (Å²) in [5, 5.41) is 14.0. The van der Waals surface area contributed by atoms with Crippen molar-refractivity contribution in [2.75, 3.05) is 26.7 Å². The molecule has 1 aromatic heterocycles. The molecule has 0 radical (unpaired) electrons. The van der Waals surface area contributed by atoms with Gasteiger partial charge in [0.1, 0.15) is 18.5 Å². The maximum atomic E-state index is 10.5. The first-order valence-electron chi connectivity index (χ1n) is 11.3. The molecule has 0 amide bonds. The molecule has 1 aliphatic rings. The van der Waals surface area contributed by atoms with Crippen molar-refractivity contribution < 1.29 is 9.84 Å². The van der Waals surface area contributed by atoms with E-state index in [2.05, 4.69) is 41.3 Å². The lowest BCUT2D eigenvalue weighted by Gasteiger charge is -2.32. The van der Waals surface area contributed by atoms with Crippen LogP contribution < -0.4 is 10.1 Å². The molecule has 0 saturated heterocycles. The van der Waals surface area contributed by atoms with Crippen LogP contribution >= 0.6 is 0 Å². The molecule has 0 bridgehead atoms. The molecule has 1 aromatic carbocycles. The van der Waals surface area contributed by atoms with E-state index in [1.165, 1.54) is 37.7 Å². The molecular formula is C25H37N3O2. The third kappa shape index (κ3) is 7.08. The molecule has 1 saturated carbocycles. The SMILES string of the molecule is Cc1cccnc1CCNCc1ccccc1OCC(O)CN(C)C1CCCCC1. The van der Waals surface area contributed by atoms with Crippen LogP contribution in [-0.2, 0) is 13.0 Å². The minimum atomic E-state index is -0.481. The number of para-hydroxylation sites is 1. The average Bonchev–Trinajstić information content (AvgIpc) is 2.77. The number of nitrogens with one attached hydrogen (secondary N) is 1. The molecule has 2 N–H and O–H groups in total. The molecular weight excluding hydrogens is 374 g/mol. The highest BCUT2D eigenvalue weighted by molar-refractivity contribution is 5.33. The summed E-state index contributed by atoms with van der Waals surface area (Å²) in [5.74, 6) is 0.846. The summed E-state index contributed by atoms with van der Waals surface area (Å²) >= 11 is 0. The number of ether oxygens (including phenoxy) is 1. The van der Waals surface area contributed by atoms with E-state index < -0.39 is 6.10 Å². The number of aromatic nitrogens is 1. The largest absolute Gasteiger partial charge is 0.491 e. The quantitative estimate of drug-likeness (QED) is 0.552. The molecule has 0 spiro atoms. The van der Waals surface area contributed by atoms with Crippen LogP contribution in [0.2, 0.25) is 0 Å². The second-order valence-corrected chi connectivity index (χ2v) is 8.50. The minimum absolute atomic E-state index is 0.321. The van der Waals surface area contributed by atoms with E-state index >= 15 is 0 Å². The number of hydrogen-bond acceptors (Lipinski definition) is 5. The van der Waals surface area contributed by atoms with Crippen LogP contribution in [-0.4, -0.2) is 53.9 Å². The molecule has 2 aromatic rings. The van der Waals surface area contributed by atoms with E-state index in [1.54, 1.807) is 0 Å². The maximum Gasteiger partial charge on any atom is 0.123 e. The Balaban J connectivity index is 1.42. The number of hydrogen-bond donors (Lipinski definition) is 2. The van der Waals surface area contributed by atoms with Gasteiger partial charge in [0.05, 0.1) is 0 Å². The molecule has 5 heteroatoms. The van der Waals surface area contributed by atoms with Crippen molar-refractivity contribution >= 4 is 0 Å². The lowest BCUT2D eigenvalue weighted by molar-refractivity contribution is 0.0558. The number of rotatable bonds is 11. The lowest BCUT2D eigenvalue weighted by atomic mass is 9.94. The Bertz CT molecular complexity index is 762. The summed E-state index contributed by atoms with van der Waals surface area (Å²) in [7, 11) is 2.13. The normalized spacial score (nSPS) is 16.0. The fraction of sp³-hybridized carbons (Fsp3) is 0.560. The van der Waals surface area contributed by atoms with E-state index in [0.29, 0.717) is 19.2 Å². The predicted molar refractivity (Wildman–Crippen MR) is 122 cm³/mol. The van der Waals surface area contributed by atoms with Gasteiger partial charge in [0.2, 0.25) is 0 Å². The number of aryl methyl sites for hydroxylation is 1. The Labute approximate surface area is 181 Å². The average molecular weight is 412 g/mol. The fourth-order valence-electron chi connectivity index (χ4n) is 4.24. The second kappa shape index (κ2) is 12.0. The van der Waals surface area contributed by atoms with E-state index in [4.69, 9.17) is 4.74 Å². The predicted octanol–water partition coefficient (Wildman–Crippen LogP) is 3.73.